The number of anilines is 1. The van der Waals surface area contributed by atoms with Gasteiger partial charge in [-0.15, -0.1) is 0 Å². The second-order valence-electron chi connectivity index (χ2n) is 4.52. The van der Waals surface area contributed by atoms with Gasteiger partial charge >= 0.3 is 5.97 Å². The molecule has 5 nitrogen and oxygen atoms in total. The van der Waals surface area contributed by atoms with Crippen molar-refractivity contribution in [3.63, 3.8) is 0 Å². The van der Waals surface area contributed by atoms with Crippen LogP contribution in [0.5, 0.6) is 5.75 Å². The standard InChI is InChI=1S/C16H15NO4/c1-10-6-7-12(9-14(10)16(19)20)17-15(18)11-4-3-5-13(8-11)21-2/h3-9H,1-2H3,(H,17,18)(H,19,20). The lowest BCUT2D eigenvalue weighted by Crippen LogP contribution is -2.12. The van der Waals surface area contributed by atoms with Gasteiger partial charge in [0.2, 0.25) is 0 Å². The number of carboxylic acid groups (broad SMARTS) is 1. The molecule has 0 radical (unpaired) electrons. The molecule has 0 aromatic heterocycles. The van der Waals surface area contributed by atoms with E-state index in [1.165, 1.54) is 13.2 Å². The van der Waals surface area contributed by atoms with Gasteiger partial charge in [0, 0.05) is 11.3 Å². The van der Waals surface area contributed by atoms with Crippen LogP contribution in [0.4, 0.5) is 5.69 Å². The van der Waals surface area contributed by atoms with E-state index in [9.17, 15) is 9.59 Å². The summed E-state index contributed by atoms with van der Waals surface area (Å²) in [6, 6.07) is 11.5. The van der Waals surface area contributed by atoms with E-state index in [1.54, 1.807) is 43.3 Å². The van der Waals surface area contributed by atoms with Crippen LogP contribution in [0.1, 0.15) is 26.3 Å². The van der Waals surface area contributed by atoms with Crippen LogP contribution in [0.25, 0.3) is 0 Å². The summed E-state index contributed by atoms with van der Waals surface area (Å²) in [5, 5.41) is 11.8. The molecule has 108 valence electrons. The van der Waals surface area contributed by atoms with Crippen molar-refractivity contribution in [2.24, 2.45) is 0 Å². The van der Waals surface area contributed by atoms with Crippen LogP contribution in [0.15, 0.2) is 42.5 Å². The lowest BCUT2D eigenvalue weighted by molar-refractivity contribution is 0.0695. The van der Waals surface area contributed by atoms with E-state index < -0.39 is 5.97 Å². The zero-order valence-electron chi connectivity index (χ0n) is 11.7. The maximum atomic E-state index is 12.1. The van der Waals surface area contributed by atoms with Crippen LogP contribution in [0.2, 0.25) is 0 Å². The van der Waals surface area contributed by atoms with Gasteiger partial charge in [-0.2, -0.15) is 0 Å². The molecule has 0 heterocycles. The number of aryl methyl sites for hydroxylation is 1. The van der Waals surface area contributed by atoms with Gasteiger partial charge < -0.3 is 15.2 Å². The predicted octanol–water partition coefficient (Wildman–Crippen LogP) is 2.95. The predicted molar refractivity (Wildman–Crippen MR) is 79.1 cm³/mol. The van der Waals surface area contributed by atoms with Crippen molar-refractivity contribution in [2.45, 2.75) is 6.92 Å². The Kier molecular flexibility index (Phi) is 4.23. The summed E-state index contributed by atoms with van der Waals surface area (Å²) in [6.07, 6.45) is 0. The fourth-order valence-electron chi connectivity index (χ4n) is 1.90. The highest BCUT2D eigenvalue weighted by molar-refractivity contribution is 6.05. The zero-order chi connectivity index (χ0) is 15.4. The molecule has 0 saturated carbocycles. The van der Waals surface area contributed by atoms with E-state index in [1.807, 2.05) is 0 Å². The number of hydrogen-bond acceptors (Lipinski definition) is 3. The topological polar surface area (TPSA) is 75.6 Å². The van der Waals surface area contributed by atoms with Crippen LogP contribution in [-0.4, -0.2) is 24.1 Å². The Morgan fingerprint density at radius 1 is 1.14 bits per heavy atom. The number of rotatable bonds is 4. The maximum Gasteiger partial charge on any atom is 0.336 e. The minimum Gasteiger partial charge on any atom is -0.497 e. The van der Waals surface area contributed by atoms with Crippen molar-refractivity contribution in [3.05, 3.63) is 59.2 Å². The van der Waals surface area contributed by atoms with Gasteiger partial charge in [0.1, 0.15) is 5.75 Å². The number of carbonyl (C=O) groups is 2. The van der Waals surface area contributed by atoms with Crippen molar-refractivity contribution >= 4 is 17.6 Å². The molecule has 1 amide bonds. The van der Waals surface area contributed by atoms with Gasteiger partial charge in [-0.05, 0) is 42.8 Å². The molecule has 0 saturated heterocycles. The lowest BCUT2D eigenvalue weighted by atomic mass is 10.1. The van der Waals surface area contributed by atoms with Crippen LogP contribution in [0.3, 0.4) is 0 Å². The monoisotopic (exact) mass is 285 g/mol. The number of benzene rings is 2. The Hall–Kier alpha value is -2.82. The van der Waals surface area contributed by atoms with Gasteiger partial charge in [0.05, 0.1) is 12.7 Å². The van der Waals surface area contributed by atoms with E-state index in [4.69, 9.17) is 9.84 Å². The maximum absolute atomic E-state index is 12.1. The highest BCUT2D eigenvalue weighted by Crippen LogP contribution is 2.18. The third-order valence-electron chi connectivity index (χ3n) is 3.06. The Morgan fingerprint density at radius 2 is 1.90 bits per heavy atom. The summed E-state index contributed by atoms with van der Waals surface area (Å²) in [6.45, 7) is 1.71. The average Bonchev–Trinajstić information content (AvgIpc) is 2.49. The minimum atomic E-state index is -1.02. The first-order valence-corrected chi connectivity index (χ1v) is 6.30. The Morgan fingerprint density at radius 3 is 2.57 bits per heavy atom. The molecule has 2 aromatic rings. The minimum absolute atomic E-state index is 0.165. The van der Waals surface area contributed by atoms with E-state index in [0.29, 0.717) is 22.6 Å². The number of aromatic carboxylic acids is 1. The molecule has 0 unspecified atom stereocenters. The van der Waals surface area contributed by atoms with Gasteiger partial charge in [0.25, 0.3) is 5.91 Å². The molecule has 21 heavy (non-hydrogen) atoms. The Bertz CT molecular complexity index is 694. The molecule has 2 aromatic carbocycles. The molecular formula is C16H15NO4. The fraction of sp³-hybridized carbons (Fsp3) is 0.125. The van der Waals surface area contributed by atoms with Crippen LogP contribution in [0, 0.1) is 6.92 Å². The number of carbonyl (C=O) groups excluding carboxylic acids is 1. The number of methoxy groups -OCH3 is 1. The zero-order valence-corrected chi connectivity index (χ0v) is 11.7. The molecule has 5 heteroatoms. The van der Waals surface area contributed by atoms with Crippen LogP contribution >= 0.6 is 0 Å². The van der Waals surface area contributed by atoms with Crippen molar-refractivity contribution in [1.29, 1.82) is 0 Å². The van der Waals surface area contributed by atoms with E-state index in [2.05, 4.69) is 5.32 Å². The van der Waals surface area contributed by atoms with Crippen molar-refractivity contribution in [3.8, 4) is 5.75 Å². The molecule has 2 rings (SSSR count). The highest BCUT2D eigenvalue weighted by Gasteiger charge is 2.11. The van der Waals surface area contributed by atoms with Gasteiger partial charge in [0.15, 0.2) is 0 Å². The number of hydrogen-bond donors (Lipinski definition) is 2. The van der Waals surface area contributed by atoms with Gasteiger partial charge in [-0.1, -0.05) is 12.1 Å². The summed E-state index contributed by atoms with van der Waals surface area (Å²) in [4.78, 5) is 23.2. The quantitative estimate of drug-likeness (QED) is 0.905. The second kappa shape index (κ2) is 6.09. The first kappa shape index (κ1) is 14.6. The van der Waals surface area contributed by atoms with Gasteiger partial charge in [-0.25, -0.2) is 4.79 Å². The van der Waals surface area contributed by atoms with Crippen molar-refractivity contribution < 1.29 is 19.4 Å². The number of nitrogens with one attached hydrogen (secondary N) is 1. The van der Waals surface area contributed by atoms with E-state index >= 15 is 0 Å². The number of amides is 1. The summed E-state index contributed by atoms with van der Waals surface area (Å²) in [7, 11) is 1.52. The molecule has 0 aliphatic heterocycles. The number of ether oxygens (including phenoxy) is 1. The molecule has 0 fully saturated rings. The summed E-state index contributed by atoms with van der Waals surface area (Å²) < 4.78 is 5.06. The average molecular weight is 285 g/mol. The molecular weight excluding hydrogens is 270 g/mol. The molecule has 0 aliphatic rings. The van der Waals surface area contributed by atoms with Crippen LogP contribution in [-0.2, 0) is 0 Å². The third-order valence-corrected chi connectivity index (χ3v) is 3.06. The first-order chi connectivity index (χ1) is 10.0. The highest BCUT2D eigenvalue weighted by atomic mass is 16.5. The summed E-state index contributed by atoms with van der Waals surface area (Å²) in [5.74, 6) is -0.767. The summed E-state index contributed by atoms with van der Waals surface area (Å²) in [5.41, 5.74) is 1.68. The van der Waals surface area contributed by atoms with E-state index in [-0.39, 0.29) is 11.5 Å². The molecule has 0 bridgehead atoms. The largest absolute Gasteiger partial charge is 0.497 e. The fourth-order valence-corrected chi connectivity index (χ4v) is 1.90. The molecule has 0 aliphatic carbocycles. The second-order valence-corrected chi connectivity index (χ2v) is 4.52. The molecule has 0 spiro atoms. The van der Waals surface area contributed by atoms with E-state index in [0.717, 1.165) is 0 Å². The third kappa shape index (κ3) is 3.39. The van der Waals surface area contributed by atoms with Crippen LogP contribution < -0.4 is 10.1 Å². The van der Waals surface area contributed by atoms with Crippen molar-refractivity contribution in [1.82, 2.24) is 0 Å². The molecule has 2 N–H and O–H groups in total. The SMILES string of the molecule is COc1cccc(C(=O)Nc2ccc(C)c(C(=O)O)c2)c1. The Labute approximate surface area is 122 Å². The van der Waals surface area contributed by atoms with Crippen molar-refractivity contribution in [2.75, 3.05) is 12.4 Å². The lowest BCUT2D eigenvalue weighted by Gasteiger charge is -2.08. The first-order valence-electron chi connectivity index (χ1n) is 6.30. The smallest absolute Gasteiger partial charge is 0.336 e. The van der Waals surface area contributed by atoms with Gasteiger partial charge in [-0.3, -0.25) is 4.79 Å². The summed E-state index contributed by atoms with van der Waals surface area (Å²) >= 11 is 0. The normalized spacial score (nSPS) is 10.0. The molecule has 0 atom stereocenters. The Balaban J connectivity index is 2.23. The number of carboxylic acids is 1.